The van der Waals surface area contributed by atoms with Crippen molar-refractivity contribution in [1.82, 2.24) is 0 Å². The van der Waals surface area contributed by atoms with Gasteiger partial charge in [-0.2, -0.15) is 0 Å². The van der Waals surface area contributed by atoms with E-state index in [4.69, 9.17) is 9.47 Å². The van der Waals surface area contributed by atoms with Gasteiger partial charge in [-0.3, -0.25) is 9.59 Å². The first kappa shape index (κ1) is 24.9. The quantitative estimate of drug-likeness (QED) is 0.340. The molecule has 7 heteroatoms. The third-order valence-electron chi connectivity index (χ3n) is 5.08. The predicted octanol–water partition coefficient (Wildman–Crippen LogP) is 4.97. The van der Waals surface area contributed by atoms with Crippen LogP contribution in [0.25, 0.3) is 0 Å². The van der Waals surface area contributed by atoms with Crippen molar-refractivity contribution in [2.75, 3.05) is 14.2 Å². The van der Waals surface area contributed by atoms with Gasteiger partial charge < -0.3 is 24.8 Å². The molecule has 35 heavy (non-hydrogen) atoms. The summed E-state index contributed by atoms with van der Waals surface area (Å²) in [6, 6.07) is 24.2. The van der Waals surface area contributed by atoms with Crippen molar-refractivity contribution in [3.8, 4) is 28.7 Å². The van der Waals surface area contributed by atoms with Crippen molar-refractivity contribution in [3.63, 3.8) is 0 Å². The van der Waals surface area contributed by atoms with Crippen molar-refractivity contribution in [2.45, 2.75) is 0 Å². The van der Waals surface area contributed by atoms with Crippen LogP contribution in [0.2, 0.25) is 0 Å². The van der Waals surface area contributed by atoms with E-state index >= 15 is 0 Å². The molecule has 0 atom stereocenters. The van der Waals surface area contributed by atoms with Gasteiger partial charge in [0.05, 0.1) is 30.9 Å². The monoisotopic (exact) mass is 472 g/mol. The Morgan fingerprint density at radius 3 is 1.46 bits per heavy atom. The Morgan fingerprint density at radius 2 is 1.00 bits per heavy atom. The Kier molecular flexibility index (Phi) is 8.08. The molecule has 0 spiro atoms. The molecule has 3 N–H and O–H groups in total. The fraction of sp³-hybridized carbons (Fsp3) is 0.0714. The van der Waals surface area contributed by atoms with Crippen LogP contribution in [-0.2, 0) is 0 Å². The van der Waals surface area contributed by atoms with Gasteiger partial charge >= 0.3 is 0 Å². The molecular weight excluding hydrogens is 448 g/mol. The summed E-state index contributed by atoms with van der Waals surface area (Å²) < 4.78 is 9.90. The summed E-state index contributed by atoms with van der Waals surface area (Å²) in [6.07, 6.45) is 0. The van der Waals surface area contributed by atoms with Crippen LogP contribution in [0.4, 0.5) is 0 Å². The second-order valence-electron chi connectivity index (χ2n) is 7.31. The lowest BCUT2D eigenvalue weighted by Crippen LogP contribution is -2.02. The number of carbonyl (C=O) groups is 2. The van der Waals surface area contributed by atoms with Gasteiger partial charge in [-0.05, 0) is 36.4 Å². The smallest absolute Gasteiger partial charge is 0.200 e. The number of ketones is 2. The average molecular weight is 472 g/mol. The summed E-state index contributed by atoms with van der Waals surface area (Å²) in [5.41, 5.74) is 1.10. The number of rotatable bonds is 6. The SMILES string of the molecule is COc1ccc(C(=O)c2ccc(OC)cc2O)c(O)c1.O=C(c1ccccc1)c1ccccc1O. The van der Waals surface area contributed by atoms with Crippen molar-refractivity contribution in [2.24, 2.45) is 0 Å². The number of carbonyl (C=O) groups excluding carboxylic acids is 2. The molecule has 0 heterocycles. The minimum atomic E-state index is -0.481. The summed E-state index contributed by atoms with van der Waals surface area (Å²) in [4.78, 5) is 24.2. The third-order valence-corrected chi connectivity index (χ3v) is 5.08. The maximum Gasteiger partial charge on any atom is 0.200 e. The standard InChI is InChI=1S/C15H14O5.C13H10O2/c1-19-9-3-5-11(13(16)7-9)15(18)12-6-4-10(20-2)8-14(12)17;14-12-9-5-4-8-11(12)13(15)10-6-2-1-3-7-10/h3-8,16-17H,1-2H3;1-9,14H. The predicted molar refractivity (Wildman–Crippen MR) is 131 cm³/mol. The van der Waals surface area contributed by atoms with Gasteiger partial charge in [-0.25, -0.2) is 0 Å². The number of aromatic hydroxyl groups is 3. The fourth-order valence-electron chi connectivity index (χ4n) is 3.22. The zero-order valence-electron chi connectivity index (χ0n) is 19.1. The fourth-order valence-corrected chi connectivity index (χ4v) is 3.22. The Bertz CT molecular complexity index is 1270. The van der Waals surface area contributed by atoms with Gasteiger partial charge in [0.1, 0.15) is 28.7 Å². The highest BCUT2D eigenvalue weighted by atomic mass is 16.5. The van der Waals surface area contributed by atoms with Crippen molar-refractivity contribution < 1.29 is 34.4 Å². The van der Waals surface area contributed by atoms with E-state index in [1.807, 2.05) is 6.07 Å². The lowest BCUT2D eigenvalue weighted by Gasteiger charge is -2.08. The molecule has 0 unspecified atom stereocenters. The topological polar surface area (TPSA) is 113 Å². The van der Waals surface area contributed by atoms with E-state index in [2.05, 4.69) is 0 Å². The van der Waals surface area contributed by atoms with E-state index < -0.39 is 5.78 Å². The zero-order valence-corrected chi connectivity index (χ0v) is 19.1. The van der Waals surface area contributed by atoms with Gasteiger partial charge in [0.2, 0.25) is 0 Å². The van der Waals surface area contributed by atoms with Gasteiger partial charge in [0, 0.05) is 17.7 Å². The molecule has 0 saturated heterocycles. The number of hydrogen-bond donors (Lipinski definition) is 3. The second kappa shape index (κ2) is 11.4. The molecule has 0 aliphatic rings. The highest BCUT2D eigenvalue weighted by Gasteiger charge is 2.18. The zero-order chi connectivity index (χ0) is 25.4. The number of phenols is 3. The molecular formula is C28H24O7. The molecule has 0 fully saturated rings. The number of benzene rings is 4. The van der Waals surface area contributed by atoms with E-state index in [-0.39, 0.29) is 34.2 Å². The van der Waals surface area contributed by atoms with E-state index in [0.717, 1.165) is 0 Å². The lowest BCUT2D eigenvalue weighted by atomic mass is 10.0. The van der Waals surface area contributed by atoms with E-state index in [1.165, 1.54) is 44.6 Å². The average Bonchev–Trinajstić information content (AvgIpc) is 2.89. The molecule has 4 aromatic rings. The Morgan fingerprint density at radius 1 is 0.543 bits per heavy atom. The molecule has 4 rings (SSSR count). The Hall–Kier alpha value is -4.78. The van der Waals surface area contributed by atoms with Gasteiger partial charge in [0.25, 0.3) is 0 Å². The highest BCUT2D eigenvalue weighted by molar-refractivity contribution is 6.12. The minimum Gasteiger partial charge on any atom is -0.507 e. The largest absolute Gasteiger partial charge is 0.507 e. The molecule has 0 bridgehead atoms. The number of ether oxygens (including phenoxy) is 2. The van der Waals surface area contributed by atoms with Crippen LogP contribution in [0.3, 0.4) is 0 Å². The first-order valence-corrected chi connectivity index (χ1v) is 10.5. The van der Waals surface area contributed by atoms with Gasteiger partial charge in [-0.1, -0.05) is 42.5 Å². The highest BCUT2D eigenvalue weighted by Crippen LogP contribution is 2.30. The summed E-state index contributed by atoms with van der Waals surface area (Å²) in [5.74, 6) is -0.143. The summed E-state index contributed by atoms with van der Waals surface area (Å²) in [6.45, 7) is 0. The number of methoxy groups -OCH3 is 2. The van der Waals surface area contributed by atoms with E-state index in [1.54, 1.807) is 54.6 Å². The van der Waals surface area contributed by atoms with Crippen LogP contribution >= 0.6 is 0 Å². The number of hydrogen-bond acceptors (Lipinski definition) is 7. The van der Waals surface area contributed by atoms with Crippen LogP contribution in [0.5, 0.6) is 28.7 Å². The Balaban J connectivity index is 0.000000203. The van der Waals surface area contributed by atoms with Gasteiger partial charge in [-0.15, -0.1) is 0 Å². The number of phenolic OH excluding ortho intramolecular Hbond substituents is 3. The maximum atomic E-state index is 12.3. The first-order valence-electron chi connectivity index (χ1n) is 10.5. The summed E-state index contributed by atoms with van der Waals surface area (Å²) in [7, 11) is 2.93. The van der Waals surface area contributed by atoms with Crippen LogP contribution in [0.15, 0.2) is 91.0 Å². The first-order chi connectivity index (χ1) is 16.8. The van der Waals surface area contributed by atoms with Crippen LogP contribution in [0.1, 0.15) is 31.8 Å². The van der Waals surface area contributed by atoms with E-state index in [0.29, 0.717) is 22.6 Å². The summed E-state index contributed by atoms with van der Waals surface area (Å²) >= 11 is 0. The molecule has 0 amide bonds. The van der Waals surface area contributed by atoms with E-state index in [9.17, 15) is 24.9 Å². The normalized spacial score (nSPS) is 10.0. The maximum absolute atomic E-state index is 12.3. The van der Waals surface area contributed by atoms with Crippen molar-refractivity contribution in [1.29, 1.82) is 0 Å². The van der Waals surface area contributed by atoms with Crippen LogP contribution < -0.4 is 9.47 Å². The molecule has 0 aliphatic carbocycles. The molecule has 0 aliphatic heterocycles. The molecule has 0 aromatic heterocycles. The van der Waals surface area contributed by atoms with Crippen LogP contribution in [0, 0.1) is 0 Å². The number of para-hydroxylation sites is 1. The van der Waals surface area contributed by atoms with Crippen LogP contribution in [-0.4, -0.2) is 41.1 Å². The lowest BCUT2D eigenvalue weighted by molar-refractivity contribution is 0.102. The summed E-state index contributed by atoms with van der Waals surface area (Å²) in [5, 5.41) is 29.2. The molecule has 0 radical (unpaired) electrons. The van der Waals surface area contributed by atoms with Crippen molar-refractivity contribution in [3.05, 3.63) is 113 Å². The molecule has 0 saturated carbocycles. The Labute approximate surface area is 202 Å². The molecule has 178 valence electrons. The second-order valence-corrected chi connectivity index (χ2v) is 7.31. The molecule has 7 nitrogen and oxygen atoms in total. The molecule has 4 aromatic carbocycles. The van der Waals surface area contributed by atoms with Gasteiger partial charge in [0.15, 0.2) is 11.6 Å². The van der Waals surface area contributed by atoms with Crippen molar-refractivity contribution >= 4 is 11.6 Å². The third kappa shape index (κ3) is 5.97. The minimum absolute atomic E-state index is 0.0198.